The minimum atomic E-state index is 0.878. The standard InChI is InChI=1S/C72H56N2O2/c1-7-47-41-63(73(69-43(3)19-13-20-44(69)4)51-25-15-23-49(39-51)55-29-17-31-59-57-27-9-11-33-65(57)75-71(55)59)61-38-36-54-48(8-2)42-64(62-37-35-53(47)67(61)68(54)62)74(70-45(5)21-14-22-46(70)6)52-26-16-24-50(40-52)56-30-18-32-60-58-28-10-12-34-66(58)76-72(56)60/h9-42H,7-8H2,1-6H3. The topological polar surface area (TPSA) is 32.8 Å². The molecule has 14 aromatic rings. The van der Waals surface area contributed by atoms with E-state index < -0.39 is 0 Å². The fraction of sp³-hybridized carbons (Fsp3) is 0.111. The van der Waals surface area contributed by atoms with Crippen molar-refractivity contribution in [3.05, 3.63) is 240 Å². The van der Waals surface area contributed by atoms with Gasteiger partial charge in [-0.1, -0.05) is 172 Å². The van der Waals surface area contributed by atoms with E-state index in [4.69, 9.17) is 8.83 Å². The number of hydrogen-bond donors (Lipinski definition) is 0. The molecule has 2 aromatic heterocycles. The van der Waals surface area contributed by atoms with Crippen molar-refractivity contribution in [2.45, 2.75) is 54.4 Å². The fourth-order valence-corrected chi connectivity index (χ4v) is 12.7. The summed E-state index contributed by atoms with van der Waals surface area (Å²) in [6, 6.07) is 75.8. The van der Waals surface area contributed by atoms with Crippen molar-refractivity contribution in [3.8, 4) is 22.3 Å². The zero-order chi connectivity index (χ0) is 51.3. The Morgan fingerprint density at radius 1 is 0.329 bits per heavy atom. The van der Waals surface area contributed by atoms with E-state index in [1.807, 2.05) is 12.1 Å². The van der Waals surface area contributed by atoms with Crippen molar-refractivity contribution < 1.29 is 8.83 Å². The molecule has 0 aliphatic heterocycles. The second-order valence-electron chi connectivity index (χ2n) is 20.7. The molecule has 0 bridgehead atoms. The summed E-state index contributed by atoms with van der Waals surface area (Å²) in [4.78, 5) is 5.08. The van der Waals surface area contributed by atoms with Crippen LogP contribution >= 0.6 is 0 Å². The fourth-order valence-electron chi connectivity index (χ4n) is 12.7. The molecule has 14 rings (SSSR count). The second kappa shape index (κ2) is 17.8. The highest BCUT2D eigenvalue weighted by Crippen LogP contribution is 2.52. The molecule has 0 spiro atoms. The number of hydrogen-bond acceptors (Lipinski definition) is 4. The number of anilines is 6. The van der Waals surface area contributed by atoms with Crippen molar-refractivity contribution in [3.63, 3.8) is 0 Å². The number of para-hydroxylation sites is 6. The maximum atomic E-state index is 6.64. The van der Waals surface area contributed by atoms with Crippen LogP contribution in [0.3, 0.4) is 0 Å². The number of nitrogens with zero attached hydrogens (tertiary/aromatic N) is 2. The molecule has 76 heavy (non-hydrogen) atoms. The highest BCUT2D eigenvalue weighted by molar-refractivity contribution is 6.29. The summed E-state index contributed by atoms with van der Waals surface area (Å²) in [5.74, 6) is 0. The largest absolute Gasteiger partial charge is 0.455 e. The molecule has 0 amide bonds. The van der Waals surface area contributed by atoms with E-state index in [9.17, 15) is 0 Å². The van der Waals surface area contributed by atoms with E-state index in [1.54, 1.807) is 0 Å². The summed E-state index contributed by atoms with van der Waals surface area (Å²) in [7, 11) is 0. The Bertz CT molecular complexity index is 4290. The lowest BCUT2D eigenvalue weighted by atomic mass is 9.86. The van der Waals surface area contributed by atoms with Crippen LogP contribution in [0.1, 0.15) is 47.2 Å². The number of furan rings is 2. The molecular weight excluding hydrogens is 925 g/mol. The van der Waals surface area contributed by atoms with Crippen LogP contribution in [0.5, 0.6) is 0 Å². The minimum absolute atomic E-state index is 0.878. The molecule has 2 heterocycles. The predicted molar refractivity (Wildman–Crippen MR) is 323 cm³/mol. The van der Waals surface area contributed by atoms with E-state index in [0.29, 0.717) is 0 Å². The summed E-state index contributed by atoms with van der Waals surface area (Å²) >= 11 is 0. The Morgan fingerprint density at radius 3 is 1.12 bits per heavy atom. The molecule has 0 saturated carbocycles. The summed E-state index contributed by atoms with van der Waals surface area (Å²) in [6.45, 7) is 13.6. The van der Waals surface area contributed by atoms with Crippen LogP contribution in [0.4, 0.5) is 34.1 Å². The first-order valence-electron chi connectivity index (χ1n) is 26.8. The molecule has 0 N–H and O–H groups in total. The molecule has 12 aromatic carbocycles. The monoisotopic (exact) mass is 980 g/mol. The van der Waals surface area contributed by atoms with Crippen LogP contribution in [0.15, 0.2) is 215 Å². The molecule has 0 unspecified atom stereocenters. The smallest absolute Gasteiger partial charge is 0.143 e. The van der Waals surface area contributed by atoms with Crippen LogP contribution in [0.2, 0.25) is 0 Å². The number of rotatable bonds is 10. The lowest BCUT2D eigenvalue weighted by Gasteiger charge is -2.33. The maximum Gasteiger partial charge on any atom is 0.143 e. The van der Waals surface area contributed by atoms with Gasteiger partial charge in [-0.15, -0.1) is 0 Å². The van der Waals surface area contributed by atoms with Gasteiger partial charge < -0.3 is 18.6 Å². The Balaban J connectivity index is 1.02. The predicted octanol–water partition coefficient (Wildman–Crippen LogP) is 21.0. The minimum Gasteiger partial charge on any atom is -0.455 e. The SMILES string of the molecule is CCc1cc(N(c2cccc(-c3cccc4c3oc3ccccc34)c2)c2c(C)cccc2C)c2ccc3c(CC)cc(N(c4cccc(-c5cccc6c5oc5ccccc56)c4)c4c(C)cccc4C)c4ccc1c2c34. The van der Waals surface area contributed by atoms with Gasteiger partial charge in [-0.25, -0.2) is 0 Å². The molecule has 4 nitrogen and oxygen atoms in total. The average molecular weight is 981 g/mol. The third-order valence-corrected chi connectivity index (χ3v) is 16.2. The average Bonchev–Trinajstić information content (AvgIpc) is 4.12. The zero-order valence-electron chi connectivity index (χ0n) is 43.8. The summed E-state index contributed by atoms with van der Waals surface area (Å²) in [6.07, 6.45) is 1.76. The van der Waals surface area contributed by atoms with Gasteiger partial charge >= 0.3 is 0 Å². The number of aryl methyl sites for hydroxylation is 6. The van der Waals surface area contributed by atoms with Gasteiger partial charge in [0, 0.05) is 54.8 Å². The Labute approximate surface area is 443 Å². The highest BCUT2D eigenvalue weighted by Gasteiger charge is 2.27. The molecule has 4 heteroatoms. The summed E-state index contributed by atoms with van der Waals surface area (Å²) in [5, 5.41) is 12.1. The lowest BCUT2D eigenvalue weighted by Crippen LogP contribution is -2.15. The number of fused-ring (bicyclic) bond motifs is 6. The first-order valence-corrected chi connectivity index (χ1v) is 26.8. The van der Waals surface area contributed by atoms with E-state index in [1.165, 1.54) is 77.1 Å². The first-order chi connectivity index (χ1) is 37.3. The van der Waals surface area contributed by atoms with Crippen molar-refractivity contribution >= 4 is 110 Å². The van der Waals surface area contributed by atoms with Crippen molar-refractivity contribution in [2.24, 2.45) is 0 Å². The van der Waals surface area contributed by atoms with Crippen LogP contribution in [0, 0.1) is 27.7 Å². The van der Waals surface area contributed by atoms with Crippen molar-refractivity contribution in [2.75, 3.05) is 9.80 Å². The Hall–Kier alpha value is -9.12. The molecule has 0 aliphatic rings. The van der Waals surface area contributed by atoms with E-state index >= 15 is 0 Å². The third kappa shape index (κ3) is 6.97. The maximum absolute atomic E-state index is 6.64. The van der Waals surface area contributed by atoms with Gasteiger partial charge in [0.1, 0.15) is 22.3 Å². The molecule has 0 fully saturated rings. The molecular formula is C72H56N2O2. The molecule has 0 aliphatic carbocycles. The number of benzene rings is 12. The van der Waals surface area contributed by atoms with Crippen LogP contribution < -0.4 is 9.80 Å². The van der Waals surface area contributed by atoms with Gasteiger partial charge in [0.2, 0.25) is 0 Å². The molecule has 0 saturated heterocycles. The molecule has 366 valence electrons. The summed E-state index contributed by atoms with van der Waals surface area (Å²) < 4.78 is 13.3. The second-order valence-corrected chi connectivity index (χ2v) is 20.7. The van der Waals surface area contributed by atoms with Gasteiger partial charge in [-0.2, -0.15) is 0 Å². The Kier molecular flexibility index (Phi) is 10.6. The van der Waals surface area contributed by atoms with Gasteiger partial charge in [-0.3, -0.25) is 0 Å². The first kappa shape index (κ1) is 45.5. The van der Waals surface area contributed by atoms with E-state index in [2.05, 4.69) is 245 Å². The van der Waals surface area contributed by atoms with Gasteiger partial charge in [0.25, 0.3) is 0 Å². The van der Waals surface area contributed by atoms with Crippen LogP contribution in [-0.4, -0.2) is 0 Å². The zero-order valence-corrected chi connectivity index (χ0v) is 43.8. The van der Waals surface area contributed by atoms with Gasteiger partial charge in [0.15, 0.2) is 0 Å². The van der Waals surface area contributed by atoms with Crippen LogP contribution in [-0.2, 0) is 12.8 Å². The lowest BCUT2D eigenvalue weighted by molar-refractivity contribution is 0.669. The molecule has 0 atom stereocenters. The normalized spacial score (nSPS) is 11.9. The van der Waals surface area contributed by atoms with E-state index in [-0.39, 0.29) is 0 Å². The van der Waals surface area contributed by atoms with Gasteiger partial charge in [-0.05, 0) is 155 Å². The van der Waals surface area contributed by atoms with Crippen molar-refractivity contribution in [1.82, 2.24) is 0 Å². The van der Waals surface area contributed by atoms with Crippen molar-refractivity contribution in [1.29, 1.82) is 0 Å². The Morgan fingerprint density at radius 2 is 0.697 bits per heavy atom. The quantitative estimate of drug-likeness (QED) is 0.128. The molecule has 0 radical (unpaired) electrons. The third-order valence-electron chi connectivity index (χ3n) is 16.2. The summed E-state index contributed by atoms with van der Waals surface area (Å²) in [5.41, 5.74) is 22.4. The van der Waals surface area contributed by atoms with Gasteiger partial charge in [0.05, 0.1) is 22.7 Å². The van der Waals surface area contributed by atoms with Crippen LogP contribution in [0.25, 0.3) is 98.4 Å². The highest BCUT2D eigenvalue weighted by atomic mass is 16.3. The van der Waals surface area contributed by atoms with E-state index in [0.717, 1.165) is 102 Å².